The van der Waals surface area contributed by atoms with Crippen LogP contribution in [0, 0.1) is 0 Å². The molecule has 2 unspecified atom stereocenters. The summed E-state index contributed by atoms with van der Waals surface area (Å²) in [5.41, 5.74) is 9.34. The highest BCUT2D eigenvalue weighted by Gasteiger charge is 2.31. The lowest BCUT2D eigenvalue weighted by molar-refractivity contribution is 0.133. The number of hydrogen-bond donors (Lipinski definition) is 2. The maximum Gasteiger partial charge on any atom is 0.126 e. The van der Waals surface area contributed by atoms with Crippen LogP contribution in [0.1, 0.15) is 22.6 Å². The third kappa shape index (κ3) is 1.87. The smallest absolute Gasteiger partial charge is 0.126 e. The van der Waals surface area contributed by atoms with Crippen LogP contribution in [0.5, 0.6) is 0 Å². The van der Waals surface area contributed by atoms with Gasteiger partial charge in [-0.15, -0.1) is 0 Å². The monoisotopic (exact) mass is 240 g/mol. The molecule has 2 aromatic rings. The summed E-state index contributed by atoms with van der Waals surface area (Å²) < 4.78 is 0. The summed E-state index contributed by atoms with van der Waals surface area (Å²) in [7, 11) is 0. The van der Waals surface area contributed by atoms with Gasteiger partial charge in [0.2, 0.25) is 0 Å². The first-order valence-corrected chi connectivity index (χ1v) is 6.21. The maximum absolute atomic E-state index is 10.3. The number of aliphatic hydroxyl groups is 1. The van der Waals surface area contributed by atoms with Crippen LogP contribution < -0.4 is 5.73 Å². The minimum absolute atomic E-state index is 0.237. The number of aromatic nitrogens is 1. The molecule has 1 aliphatic rings. The number of hydrogen-bond acceptors (Lipinski definition) is 3. The highest BCUT2D eigenvalue weighted by molar-refractivity contribution is 5.43. The van der Waals surface area contributed by atoms with Crippen LogP contribution in [-0.4, -0.2) is 16.2 Å². The van der Waals surface area contributed by atoms with E-state index < -0.39 is 0 Å². The third-order valence-electron chi connectivity index (χ3n) is 3.71. The Hall–Kier alpha value is -1.87. The van der Waals surface area contributed by atoms with E-state index in [1.54, 1.807) is 6.20 Å². The standard InChI is InChI=1S/C15H16N2O/c16-15-11(5-3-7-17-15)9-14(18)13-8-10-4-1-2-6-12(10)13/h1-7,13-14,18H,8-9H2,(H2,16,17). The van der Waals surface area contributed by atoms with Gasteiger partial charge in [-0.3, -0.25) is 0 Å². The minimum Gasteiger partial charge on any atom is -0.392 e. The van der Waals surface area contributed by atoms with Crippen LogP contribution in [0.4, 0.5) is 5.82 Å². The van der Waals surface area contributed by atoms with Crippen molar-refractivity contribution in [1.82, 2.24) is 4.98 Å². The zero-order valence-electron chi connectivity index (χ0n) is 10.1. The van der Waals surface area contributed by atoms with Gasteiger partial charge in [-0.25, -0.2) is 4.98 Å². The molecule has 3 heteroatoms. The molecule has 0 saturated heterocycles. The summed E-state index contributed by atoms with van der Waals surface area (Å²) in [6, 6.07) is 12.1. The van der Waals surface area contributed by atoms with Crippen molar-refractivity contribution in [3.05, 3.63) is 59.3 Å². The van der Waals surface area contributed by atoms with Gasteiger partial charge in [0, 0.05) is 18.5 Å². The molecule has 2 atom stereocenters. The lowest BCUT2D eigenvalue weighted by atomic mass is 9.73. The topological polar surface area (TPSA) is 59.1 Å². The van der Waals surface area contributed by atoms with E-state index in [0.29, 0.717) is 12.2 Å². The molecule has 3 rings (SSSR count). The van der Waals surface area contributed by atoms with Gasteiger partial charge < -0.3 is 10.8 Å². The van der Waals surface area contributed by atoms with Crippen molar-refractivity contribution in [2.45, 2.75) is 24.9 Å². The molecule has 0 saturated carbocycles. The van der Waals surface area contributed by atoms with Crippen LogP contribution >= 0.6 is 0 Å². The number of nitrogens with two attached hydrogens (primary N) is 1. The largest absolute Gasteiger partial charge is 0.392 e. The van der Waals surface area contributed by atoms with Crippen molar-refractivity contribution >= 4 is 5.82 Å². The van der Waals surface area contributed by atoms with Gasteiger partial charge in [-0.05, 0) is 29.2 Å². The predicted octanol–water partition coefficient (Wildman–Crippen LogP) is 1.91. The fourth-order valence-corrected chi connectivity index (χ4v) is 2.63. The molecule has 0 aliphatic heterocycles. The van der Waals surface area contributed by atoms with Gasteiger partial charge in [0.1, 0.15) is 5.82 Å². The summed E-state index contributed by atoms with van der Waals surface area (Å²) >= 11 is 0. The van der Waals surface area contributed by atoms with Gasteiger partial charge in [-0.2, -0.15) is 0 Å². The van der Waals surface area contributed by atoms with E-state index in [9.17, 15) is 5.11 Å². The van der Waals surface area contributed by atoms with E-state index in [0.717, 1.165) is 12.0 Å². The summed E-state index contributed by atoms with van der Waals surface area (Å²) in [5, 5.41) is 10.3. The Morgan fingerprint density at radius 3 is 2.89 bits per heavy atom. The number of aliphatic hydroxyl groups excluding tert-OH is 1. The Bertz CT molecular complexity index is 568. The zero-order valence-corrected chi connectivity index (χ0v) is 10.1. The Morgan fingerprint density at radius 1 is 1.28 bits per heavy atom. The highest BCUT2D eigenvalue weighted by atomic mass is 16.3. The lowest BCUT2D eigenvalue weighted by Gasteiger charge is -2.34. The Morgan fingerprint density at radius 2 is 2.11 bits per heavy atom. The van der Waals surface area contributed by atoms with Gasteiger partial charge in [0.15, 0.2) is 0 Å². The lowest BCUT2D eigenvalue weighted by Crippen LogP contribution is -2.30. The molecule has 92 valence electrons. The van der Waals surface area contributed by atoms with Gasteiger partial charge in [-0.1, -0.05) is 30.3 Å². The molecule has 18 heavy (non-hydrogen) atoms. The van der Waals surface area contributed by atoms with Crippen molar-refractivity contribution in [2.24, 2.45) is 0 Å². The summed E-state index contributed by atoms with van der Waals surface area (Å²) in [5.74, 6) is 0.755. The molecular formula is C15H16N2O. The summed E-state index contributed by atoms with van der Waals surface area (Å²) in [6.45, 7) is 0. The highest BCUT2D eigenvalue weighted by Crippen LogP contribution is 2.38. The number of rotatable bonds is 3. The first kappa shape index (κ1) is 11.2. The number of nitrogen functional groups attached to an aromatic ring is 1. The second-order valence-electron chi connectivity index (χ2n) is 4.83. The van der Waals surface area contributed by atoms with Gasteiger partial charge in [0.05, 0.1) is 6.10 Å². The number of pyridine rings is 1. The van der Waals surface area contributed by atoms with E-state index in [1.807, 2.05) is 24.3 Å². The van der Waals surface area contributed by atoms with Crippen LogP contribution in [0.2, 0.25) is 0 Å². The molecule has 0 amide bonds. The second kappa shape index (κ2) is 4.42. The normalized spacial score (nSPS) is 18.8. The maximum atomic E-state index is 10.3. The molecule has 0 spiro atoms. The van der Waals surface area contributed by atoms with E-state index in [-0.39, 0.29) is 12.0 Å². The van der Waals surface area contributed by atoms with E-state index in [2.05, 4.69) is 17.1 Å². The molecule has 0 fully saturated rings. The average Bonchev–Trinajstić information content (AvgIpc) is 2.34. The SMILES string of the molecule is Nc1ncccc1CC(O)C1Cc2ccccc21. The molecule has 1 aliphatic carbocycles. The Labute approximate surface area is 106 Å². The molecule has 3 N–H and O–H groups in total. The zero-order chi connectivity index (χ0) is 12.5. The van der Waals surface area contributed by atoms with Crippen molar-refractivity contribution in [2.75, 3.05) is 5.73 Å². The molecule has 0 radical (unpaired) electrons. The van der Waals surface area contributed by atoms with E-state index in [1.165, 1.54) is 11.1 Å². The quantitative estimate of drug-likeness (QED) is 0.861. The molecule has 1 aromatic heterocycles. The summed E-state index contributed by atoms with van der Waals surface area (Å²) in [4.78, 5) is 4.05. The van der Waals surface area contributed by atoms with Crippen molar-refractivity contribution in [3.63, 3.8) is 0 Å². The molecule has 3 nitrogen and oxygen atoms in total. The van der Waals surface area contributed by atoms with Crippen LogP contribution in [0.3, 0.4) is 0 Å². The first-order chi connectivity index (χ1) is 8.75. The average molecular weight is 240 g/mol. The number of fused-ring (bicyclic) bond motifs is 1. The van der Waals surface area contributed by atoms with Crippen LogP contribution in [0.15, 0.2) is 42.6 Å². The predicted molar refractivity (Wildman–Crippen MR) is 71.2 cm³/mol. The number of anilines is 1. The first-order valence-electron chi connectivity index (χ1n) is 6.21. The van der Waals surface area contributed by atoms with Crippen molar-refractivity contribution in [3.8, 4) is 0 Å². The fourth-order valence-electron chi connectivity index (χ4n) is 2.63. The van der Waals surface area contributed by atoms with Crippen molar-refractivity contribution < 1.29 is 5.11 Å². The molecular weight excluding hydrogens is 224 g/mol. The number of benzene rings is 1. The Kier molecular flexibility index (Phi) is 2.76. The molecule has 1 heterocycles. The second-order valence-corrected chi connectivity index (χ2v) is 4.83. The van der Waals surface area contributed by atoms with E-state index >= 15 is 0 Å². The van der Waals surface area contributed by atoms with Gasteiger partial charge >= 0.3 is 0 Å². The summed E-state index contributed by atoms with van der Waals surface area (Å²) in [6.07, 6.45) is 2.81. The fraction of sp³-hybridized carbons (Fsp3) is 0.267. The minimum atomic E-state index is -0.383. The Balaban J connectivity index is 1.75. The van der Waals surface area contributed by atoms with Crippen molar-refractivity contribution in [1.29, 1.82) is 0 Å². The third-order valence-corrected chi connectivity index (χ3v) is 3.71. The molecule has 1 aromatic carbocycles. The van der Waals surface area contributed by atoms with Gasteiger partial charge in [0.25, 0.3) is 0 Å². The van der Waals surface area contributed by atoms with Crippen LogP contribution in [0.25, 0.3) is 0 Å². The van der Waals surface area contributed by atoms with Crippen LogP contribution in [-0.2, 0) is 12.8 Å². The number of nitrogens with zero attached hydrogens (tertiary/aromatic N) is 1. The van der Waals surface area contributed by atoms with E-state index in [4.69, 9.17) is 5.73 Å². The molecule has 0 bridgehead atoms.